The Morgan fingerprint density at radius 3 is 1.32 bits per heavy atom. The molecule has 0 aliphatic carbocycles. The van der Waals surface area contributed by atoms with Gasteiger partial charge in [0.15, 0.2) is 11.2 Å². The van der Waals surface area contributed by atoms with Crippen LogP contribution < -0.4 is 9.80 Å². The Hall–Kier alpha value is -4.32. The predicted molar refractivity (Wildman–Crippen MR) is 159 cm³/mol. The number of nitrogens with zero attached hydrogens (tertiary/aromatic N) is 4. The fourth-order valence-corrected chi connectivity index (χ4v) is 4.63. The molecule has 194 valence electrons. The van der Waals surface area contributed by atoms with Gasteiger partial charge in [0.05, 0.1) is 0 Å². The minimum Gasteiger partial charge on any atom is -0.437 e. The van der Waals surface area contributed by atoms with Crippen molar-refractivity contribution < 1.29 is 8.83 Å². The fourth-order valence-electron chi connectivity index (χ4n) is 4.63. The largest absolute Gasteiger partial charge is 0.437 e. The van der Waals surface area contributed by atoms with E-state index < -0.39 is 0 Å². The monoisotopic (exact) mass is 506 g/mol. The van der Waals surface area contributed by atoms with Crippen LogP contribution in [0.2, 0.25) is 0 Å². The summed E-state index contributed by atoms with van der Waals surface area (Å²) in [5.41, 5.74) is 7.78. The van der Waals surface area contributed by atoms with Gasteiger partial charge in [0, 0.05) is 61.8 Å². The van der Waals surface area contributed by atoms with Crippen LogP contribution in [-0.2, 0) is 0 Å². The van der Waals surface area contributed by atoms with Gasteiger partial charge in [0.2, 0.25) is 11.8 Å². The average molecular weight is 507 g/mol. The summed E-state index contributed by atoms with van der Waals surface area (Å²) in [6.45, 7) is 12.5. The molecule has 3 aromatic carbocycles. The van der Waals surface area contributed by atoms with Gasteiger partial charge >= 0.3 is 0 Å². The summed E-state index contributed by atoms with van der Waals surface area (Å²) >= 11 is 0. The Morgan fingerprint density at radius 2 is 0.947 bits per heavy atom. The molecular formula is C32H34N4O2. The lowest BCUT2D eigenvalue weighted by molar-refractivity contribution is 0.589. The number of benzene rings is 3. The summed E-state index contributed by atoms with van der Waals surface area (Å²) in [6, 6.07) is 20.6. The molecule has 0 atom stereocenters. The molecule has 0 spiro atoms. The predicted octanol–water partition coefficient (Wildman–Crippen LogP) is 8.00. The average Bonchev–Trinajstić information content (AvgIpc) is 3.55. The van der Waals surface area contributed by atoms with Gasteiger partial charge in [-0.05, 0) is 75.2 Å². The van der Waals surface area contributed by atoms with Crippen LogP contribution in [0.25, 0.3) is 46.5 Å². The zero-order chi connectivity index (χ0) is 26.5. The number of hydrogen-bond acceptors (Lipinski definition) is 6. The van der Waals surface area contributed by atoms with Crippen molar-refractivity contribution >= 4 is 57.9 Å². The summed E-state index contributed by atoms with van der Waals surface area (Å²) in [7, 11) is 0. The molecule has 0 unspecified atom stereocenters. The van der Waals surface area contributed by atoms with E-state index in [1.807, 2.05) is 36.4 Å². The number of hydrogen-bond donors (Lipinski definition) is 0. The van der Waals surface area contributed by atoms with Gasteiger partial charge in [0.25, 0.3) is 0 Å². The molecule has 0 saturated carbocycles. The van der Waals surface area contributed by atoms with Crippen LogP contribution in [0.5, 0.6) is 0 Å². The molecule has 5 aromatic rings. The van der Waals surface area contributed by atoms with Gasteiger partial charge in [-0.25, -0.2) is 9.97 Å². The number of fused-ring (bicyclic) bond motifs is 2. The maximum Gasteiger partial charge on any atom is 0.220 e. The van der Waals surface area contributed by atoms with Gasteiger partial charge < -0.3 is 18.6 Å². The van der Waals surface area contributed by atoms with Crippen molar-refractivity contribution in [3.63, 3.8) is 0 Å². The first-order valence-corrected chi connectivity index (χ1v) is 13.4. The molecule has 38 heavy (non-hydrogen) atoms. The summed E-state index contributed by atoms with van der Waals surface area (Å²) in [4.78, 5) is 13.8. The van der Waals surface area contributed by atoms with Crippen LogP contribution in [0.3, 0.4) is 0 Å². The minimum atomic E-state index is 0.598. The summed E-state index contributed by atoms with van der Waals surface area (Å²) in [6.07, 6.45) is 7.84. The van der Waals surface area contributed by atoms with Crippen molar-refractivity contribution in [1.29, 1.82) is 0 Å². The quantitative estimate of drug-likeness (QED) is 0.191. The van der Waals surface area contributed by atoms with E-state index in [1.54, 1.807) is 0 Å². The van der Waals surface area contributed by atoms with Crippen molar-refractivity contribution in [3.8, 4) is 0 Å². The molecule has 2 aromatic heterocycles. The maximum absolute atomic E-state index is 5.98. The molecule has 0 amide bonds. The molecule has 0 saturated heterocycles. The first-order chi connectivity index (χ1) is 18.6. The third kappa shape index (κ3) is 5.49. The first-order valence-electron chi connectivity index (χ1n) is 13.4. The van der Waals surface area contributed by atoms with Crippen molar-refractivity contribution in [1.82, 2.24) is 9.97 Å². The van der Waals surface area contributed by atoms with Crippen molar-refractivity contribution in [2.24, 2.45) is 0 Å². The Labute approximate surface area is 223 Å². The smallest absolute Gasteiger partial charge is 0.220 e. The maximum atomic E-state index is 5.98. The molecule has 0 N–H and O–H groups in total. The van der Waals surface area contributed by atoms with Crippen LogP contribution in [0.15, 0.2) is 69.5 Å². The van der Waals surface area contributed by atoms with Crippen LogP contribution in [-0.4, -0.2) is 36.1 Å². The second-order valence-corrected chi connectivity index (χ2v) is 9.09. The minimum absolute atomic E-state index is 0.598. The molecule has 0 aliphatic rings. The molecule has 5 rings (SSSR count). The zero-order valence-electron chi connectivity index (χ0n) is 22.5. The SMILES string of the molecule is CCN(CC)c1ccc2nc(/C=C/c3ccc(/C=C/c4nc5ccc(N(CC)CC)cc5o4)cc3)oc2c1. The molecule has 0 radical (unpaired) electrons. The van der Waals surface area contributed by atoms with E-state index in [4.69, 9.17) is 8.83 Å². The lowest BCUT2D eigenvalue weighted by Crippen LogP contribution is -2.21. The highest BCUT2D eigenvalue weighted by molar-refractivity contribution is 5.81. The van der Waals surface area contributed by atoms with Crippen molar-refractivity contribution in [2.45, 2.75) is 27.7 Å². The van der Waals surface area contributed by atoms with Gasteiger partial charge in [-0.3, -0.25) is 0 Å². The lowest BCUT2D eigenvalue weighted by Gasteiger charge is -2.20. The van der Waals surface area contributed by atoms with Crippen LogP contribution in [0.1, 0.15) is 50.6 Å². The summed E-state index contributed by atoms with van der Waals surface area (Å²) < 4.78 is 12.0. The molecule has 0 fully saturated rings. The van der Waals surface area contributed by atoms with E-state index in [0.717, 1.165) is 70.9 Å². The Bertz CT molecular complexity index is 1450. The topological polar surface area (TPSA) is 58.5 Å². The van der Waals surface area contributed by atoms with Crippen LogP contribution in [0, 0.1) is 0 Å². The second-order valence-electron chi connectivity index (χ2n) is 9.09. The number of rotatable bonds is 10. The standard InChI is InChI=1S/C32H34N4O2/c1-5-35(6-2)25-15-17-27-29(21-25)37-31(33-27)19-13-23-9-11-24(12-10-23)14-20-32-34-28-18-16-26(22-30(28)38-32)36(7-3)8-4/h9-22H,5-8H2,1-4H3/b19-13+,20-14+. The molecule has 6 nitrogen and oxygen atoms in total. The van der Waals surface area contributed by atoms with Crippen LogP contribution >= 0.6 is 0 Å². The third-order valence-electron chi connectivity index (χ3n) is 6.81. The highest BCUT2D eigenvalue weighted by Crippen LogP contribution is 2.25. The highest BCUT2D eigenvalue weighted by Gasteiger charge is 2.09. The van der Waals surface area contributed by atoms with Crippen LogP contribution in [0.4, 0.5) is 11.4 Å². The Balaban J connectivity index is 1.26. The molecule has 2 heterocycles. The van der Waals surface area contributed by atoms with E-state index >= 15 is 0 Å². The van der Waals surface area contributed by atoms with E-state index in [0.29, 0.717) is 11.8 Å². The molecule has 0 aliphatic heterocycles. The van der Waals surface area contributed by atoms with Crippen molar-refractivity contribution in [3.05, 3.63) is 83.6 Å². The highest BCUT2D eigenvalue weighted by atomic mass is 16.4. The fraction of sp³-hybridized carbons (Fsp3) is 0.250. The second kappa shape index (κ2) is 11.4. The van der Waals surface area contributed by atoms with Crippen molar-refractivity contribution in [2.75, 3.05) is 36.0 Å². The third-order valence-corrected chi connectivity index (χ3v) is 6.81. The van der Waals surface area contributed by atoms with Gasteiger partial charge in [-0.15, -0.1) is 0 Å². The lowest BCUT2D eigenvalue weighted by atomic mass is 10.1. The first kappa shape index (κ1) is 25.3. The molecular weight excluding hydrogens is 472 g/mol. The molecule has 6 heteroatoms. The Morgan fingerprint density at radius 1 is 0.553 bits per heavy atom. The van der Waals surface area contributed by atoms with E-state index in [9.17, 15) is 0 Å². The number of anilines is 2. The van der Waals surface area contributed by atoms with E-state index in [1.165, 1.54) is 0 Å². The zero-order valence-corrected chi connectivity index (χ0v) is 22.5. The van der Waals surface area contributed by atoms with Gasteiger partial charge in [-0.2, -0.15) is 0 Å². The summed E-state index contributed by atoms with van der Waals surface area (Å²) in [5.74, 6) is 1.20. The Kier molecular flexibility index (Phi) is 7.59. The number of aromatic nitrogens is 2. The normalized spacial score (nSPS) is 11.9. The molecule has 0 bridgehead atoms. The van der Waals surface area contributed by atoms with E-state index in [2.05, 4.69) is 96.0 Å². The van der Waals surface area contributed by atoms with Gasteiger partial charge in [0.1, 0.15) is 11.0 Å². The summed E-state index contributed by atoms with van der Waals surface area (Å²) in [5, 5.41) is 0. The van der Waals surface area contributed by atoms with Gasteiger partial charge in [-0.1, -0.05) is 24.3 Å². The van der Waals surface area contributed by atoms with E-state index in [-0.39, 0.29) is 0 Å². The number of oxazole rings is 2.